The summed E-state index contributed by atoms with van der Waals surface area (Å²) < 4.78 is 1.76. The Hall–Kier alpha value is -2.67. The summed E-state index contributed by atoms with van der Waals surface area (Å²) >= 11 is 0. The highest BCUT2D eigenvalue weighted by molar-refractivity contribution is 5.77. The van der Waals surface area contributed by atoms with Gasteiger partial charge in [0.05, 0.1) is 29.9 Å². The maximum atomic E-state index is 12.7. The van der Waals surface area contributed by atoms with E-state index >= 15 is 0 Å². The Bertz CT molecular complexity index is 883. The maximum Gasteiger partial charge on any atom is 0.223 e. The quantitative estimate of drug-likeness (QED) is 0.698. The molecule has 0 unspecified atom stereocenters. The lowest BCUT2D eigenvalue weighted by atomic mass is 9.94. The SMILES string of the molecule is O=C(CCc1nc2ccccc2[nH]1)N1CCC[C@H](c2ccn(CCO)n2)C1. The monoisotopic (exact) mass is 367 g/mol. The summed E-state index contributed by atoms with van der Waals surface area (Å²) in [5, 5.41) is 13.6. The van der Waals surface area contributed by atoms with Crippen LogP contribution in [0.2, 0.25) is 0 Å². The van der Waals surface area contributed by atoms with E-state index in [2.05, 4.69) is 15.1 Å². The van der Waals surface area contributed by atoms with Gasteiger partial charge in [-0.15, -0.1) is 0 Å². The first kappa shape index (κ1) is 17.7. The number of aromatic amines is 1. The standard InChI is InChI=1S/C20H25N5O2/c26-13-12-25-11-9-16(23-25)15-4-3-10-24(14-15)20(27)8-7-19-21-17-5-1-2-6-18(17)22-19/h1-2,5-6,9,11,15,26H,3-4,7-8,10,12-14H2,(H,21,22)/t15-/m0/s1. The zero-order valence-electron chi connectivity index (χ0n) is 15.3. The molecule has 0 spiro atoms. The molecule has 142 valence electrons. The maximum absolute atomic E-state index is 12.7. The van der Waals surface area contributed by atoms with Crippen molar-refractivity contribution in [2.24, 2.45) is 0 Å². The number of aliphatic hydroxyl groups is 1. The Morgan fingerprint density at radius 2 is 2.19 bits per heavy atom. The van der Waals surface area contributed by atoms with Crippen molar-refractivity contribution >= 4 is 16.9 Å². The number of benzene rings is 1. The van der Waals surface area contributed by atoms with Crippen LogP contribution in [-0.2, 0) is 17.8 Å². The van der Waals surface area contributed by atoms with E-state index in [1.807, 2.05) is 41.4 Å². The second kappa shape index (κ2) is 7.92. The summed E-state index contributed by atoms with van der Waals surface area (Å²) in [6.45, 7) is 2.12. The lowest BCUT2D eigenvalue weighted by molar-refractivity contribution is -0.132. The number of para-hydroxylation sites is 2. The average Bonchev–Trinajstić information content (AvgIpc) is 3.33. The predicted molar refractivity (Wildman–Crippen MR) is 102 cm³/mol. The summed E-state index contributed by atoms with van der Waals surface area (Å²) in [6.07, 6.45) is 5.02. The summed E-state index contributed by atoms with van der Waals surface area (Å²) in [5.41, 5.74) is 2.96. The van der Waals surface area contributed by atoms with E-state index in [4.69, 9.17) is 5.11 Å². The molecular weight excluding hydrogens is 342 g/mol. The van der Waals surface area contributed by atoms with Crippen LogP contribution in [-0.4, -0.2) is 55.4 Å². The van der Waals surface area contributed by atoms with Crippen LogP contribution in [0.15, 0.2) is 36.5 Å². The van der Waals surface area contributed by atoms with Crippen LogP contribution in [0.3, 0.4) is 0 Å². The van der Waals surface area contributed by atoms with Gasteiger partial charge in [0.25, 0.3) is 0 Å². The topological polar surface area (TPSA) is 87.0 Å². The normalized spacial score (nSPS) is 17.5. The number of likely N-dealkylation sites (tertiary alicyclic amines) is 1. The van der Waals surface area contributed by atoms with Gasteiger partial charge >= 0.3 is 0 Å². The Balaban J connectivity index is 1.35. The van der Waals surface area contributed by atoms with E-state index in [0.29, 0.717) is 19.4 Å². The van der Waals surface area contributed by atoms with E-state index in [1.54, 1.807) is 4.68 Å². The van der Waals surface area contributed by atoms with Gasteiger partial charge in [-0.05, 0) is 31.0 Å². The van der Waals surface area contributed by atoms with E-state index in [9.17, 15) is 4.79 Å². The van der Waals surface area contributed by atoms with Gasteiger partial charge in [0.1, 0.15) is 5.82 Å². The number of nitrogens with zero attached hydrogens (tertiary/aromatic N) is 4. The van der Waals surface area contributed by atoms with Crippen molar-refractivity contribution in [3.63, 3.8) is 0 Å². The Morgan fingerprint density at radius 1 is 1.30 bits per heavy atom. The smallest absolute Gasteiger partial charge is 0.223 e. The van der Waals surface area contributed by atoms with Crippen molar-refractivity contribution in [2.75, 3.05) is 19.7 Å². The van der Waals surface area contributed by atoms with Gasteiger partial charge in [-0.3, -0.25) is 9.48 Å². The first-order chi connectivity index (χ1) is 13.2. The largest absolute Gasteiger partial charge is 0.394 e. The van der Waals surface area contributed by atoms with Crippen LogP contribution in [0.1, 0.15) is 36.7 Å². The minimum absolute atomic E-state index is 0.0815. The molecule has 2 N–H and O–H groups in total. The number of aryl methyl sites for hydroxylation is 1. The lowest BCUT2D eigenvalue weighted by Gasteiger charge is -2.32. The molecule has 1 aromatic carbocycles. The summed E-state index contributed by atoms with van der Waals surface area (Å²) in [7, 11) is 0. The van der Waals surface area contributed by atoms with E-state index < -0.39 is 0 Å². The molecule has 27 heavy (non-hydrogen) atoms. The second-order valence-corrected chi connectivity index (χ2v) is 7.11. The van der Waals surface area contributed by atoms with Crippen molar-refractivity contribution in [3.8, 4) is 0 Å². The number of amides is 1. The predicted octanol–water partition coefficient (Wildman–Crippen LogP) is 2.09. The number of piperidine rings is 1. The number of hydrogen-bond donors (Lipinski definition) is 2. The molecule has 0 radical (unpaired) electrons. The Kier molecular flexibility index (Phi) is 5.20. The van der Waals surface area contributed by atoms with Crippen LogP contribution in [0.25, 0.3) is 11.0 Å². The van der Waals surface area contributed by atoms with Crippen molar-refractivity contribution in [2.45, 2.75) is 38.1 Å². The fourth-order valence-electron chi connectivity index (χ4n) is 3.77. The third-order valence-electron chi connectivity index (χ3n) is 5.20. The highest BCUT2D eigenvalue weighted by atomic mass is 16.3. The van der Waals surface area contributed by atoms with Crippen molar-refractivity contribution < 1.29 is 9.90 Å². The van der Waals surface area contributed by atoms with Crippen LogP contribution >= 0.6 is 0 Å². The van der Waals surface area contributed by atoms with Crippen LogP contribution in [0.4, 0.5) is 0 Å². The number of carbonyl (C=O) groups excluding carboxylic acids is 1. The molecule has 3 aromatic rings. The van der Waals surface area contributed by atoms with Crippen molar-refractivity contribution in [1.82, 2.24) is 24.6 Å². The fourth-order valence-corrected chi connectivity index (χ4v) is 3.77. The van der Waals surface area contributed by atoms with Gasteiger partial charge in [-0.25, -0.2) is 4.98 Å². The van der Waals surface area contributed by atoms with Gasteiger partial charge < -0.3 is 15.0 Å². The molecule has 1 atom stereocenters. The Labute approximate surface area is 158 Å². The number of rotatable bonds is 6. The summed E-state index contributed by atoms with van der Waals surface area (Å²) in [5.74, 6) is 1.31. The van der Waals surface area contributed by atoms with Crippen molar-refractivity contribution in [3.05, 3.63) is 48.0 Å². The molecule has 1 saturated heterocycles. The average molecular weight is 367 g/mol. The van der Waals surface area contributed by atoms with Gasteiger partial charge in [0.15, 0.2) is 0 Å². The zero-order valence-corrected chi connectivity index (χ0v) is 15.3. The number of aliphatic hydroxyl groups excluding tert-OH is 1. The van der Waals surface area contributed by atoms with E-state index in [-0.39, 0.29) is 18.4 Å². The number of H-pyrrole nitrogens is 1. The number of imidazole rings is 1. The molecule has 0 aliphatic carbocycles. The highest BCUT2D eigenvalue weighted by Gasteiger charge is 2.26. The first-order valence-electron chi connectivity index (χ1n) is 9.58. The molecule has 7 heteroatoms. The van der Waals surface area contributed by atoms with Crippen molar-refractivity contribution in [1.29, 1.82) is 0 Å². The molecule has 7 nitrogen and oxygen atoms in total. The van der Waals surface area contributed by atoms with Crippen LogP contribution in [0, 0.1) is 0 Å². The molecule has 0 bridgehead atoms. The van der Waals surface area contributed by atoms with Gasteiger partial charge in [0.2, 0.25) is 5.91 Å². The summed E-state index contributed by atoms with van der Waals surface area (Å²) in [4.78, 5) is 22.5. The number of nitrogens with one attached hydrogen (secondary N) is 1. The highest BCUT2D eigenvalue weighted by Crippen LogP contribution is 2.26. The minimum Gasteiger partial charge on any atom is -0.394 e. The van der Waals surface area contributed by atoms with Gasteiger partial charge in [0, 0.05) is 38.0 Å². The van der Waals surface area contributed by atoms with Crippen LogP contribution in [0.5, 0.6) is 0 Å². The molecule has 3 heterocycles. The number of hydrogen-bond acceptors (Lipinski definition) is 4. The first-order valence-corrected chi connectivity index (χ1v) is 9.58. The minimum atomic E-state index is 0.0815. The van der Waals surface area contributed by atoms with Crippen LogP contribution < -0.4 is 0 Å². The molecule has 1 aliphatic rings. The summed E-state index contributed by atoms with van der Waals surface area (Å²) in [6, 6.07) is 9.92. The number of fused-ring (bicyclic) bond motifs is 1. The van der Waals surface area contributed by atoms with E-state index in [0.717, 1.165) is 48.5 Å². The number of carbonyl (C=O) groups is 1. The van der Waals surface area contributed by atoms with Gasteiger partial charge in [-0.1, -0.05) is 12.1 Å². The molecule has 1 fully saturated rings. The zero-order chi connectivity index (χ0) is 18.6. The van der Waals surface area contributed by atoms with E-state index in [1.165, 1.54) is 0 Å². The Morgan fingerprint density at radius 3 is 3.04 bits per heavy atom. The molecular formula is C20H25N5O2. The lowest BCUT2D eigenvalue weighted by Crippen LogP contribution is -2.39. The van der Waals surface area contributed by atoms with Gasteiger partial charge in [-0.2, -0.15) is 5.10 Å². The molecule has 1 aliphatic heterocycles. The molecule has 1 amide bonds. The third kappa shape index (κ3) is 4.03. The second-order valence-electron chi connectivity index (χ2n) is 7.11. The number of aromatic nitrogens is 4. The third-order valence-corrected chi connectivity index (χ3v) is 5.20. The molecule has 2 aromatic heterocycles. The molecule has 4 rings (SSSR count). The molecule has 0 saturated carbocycles. The fraction of sp³-hybridized carbons (Fsp3) is 0.450.